The fourth-order valence-corrected chi connectivity index (χ4v) is 4.21. The Bertz CT molecular complexity index is 1130. The van der Waals surface area contributed by atoms with Crippen LogP contribution in [0, 0.1) is 0 Å². The molecular weight excluding hydrogens is 499 g/mol. The molecule has 6 nitrogen and oxygen atoms in total. The van der Waals surface area contributed by atoms with Crippen molar-refractivity contribution in [3.8, 4) is 11.5 Å². The fraction of sp³-hybridized carbons (Fsp3) is 0.286. The standard InChI is InChI=1S/C28H30Cl2N2O4/c1-19(2)31-28(34)26(16-20-8-5-4-6-9-20)32(17-23-24(29)10-7-11-25(23)30)27(33)18-36-22-14-12-21(35-3)13-15-22/h4-15,19,26H,16-18H2,1-3H3,(H,31,34). The lowest BCUT2D eigenvalue weighted by molar-refractivity contribution is -0.143. The van der Waals surface area contributed by atoms with Gasteiger partial charge in [0.1, 0.15) is 17.5 Å². The Hall–Kier alpha value is -3.22. The van der Waals surface area contributed by atoms with Crippen molar-refractivity contribution in [2.75, 3.05) is 13.7 Å². The molecule has 1 N–H and O–H groups in total. The maximum atomic E-state index is 13.6. The molecule has 0 saturated heterocycles. The van der Waals surface area contributed by atoms with E-state index in [4.69, 9.17) is 32.7 Å². The predicted octanol–water partition coefficient (Wildman–Crippen LogP) is 5.55. The Morgan fingerprint density at radius 2 is 1.50 bits per heavy atom. The van der Waals surface area contributed by atoms with Gasteiger partial charge in [0.05, 0.1) is 7.11 Å². The lowest BCUT2D eigenvalue weighted by Crippen LogP contribution is -2.52. The summed E-state index contributed by atoms with van der Waals surface area (Å²) in [5.41, 5.74) is 1.48. The maximum absolute atomic E-state index is 13.6. The first-order chi connectivity index (χ1) is 17.3. The highest BCUT2D eigenvalue weighted by Gasteiger charge is 2.32. The van der Waals surface area contributed by atoms with Crippen molar-refractivity contribution in [1.82, 2.24) is 10.2 Å². The van der Waals surface area contributed by atoms with Crippen LogP contribution in [0.5, 0.6) is 11.5 Å². The van der Waals surface area contributed by atoms with Gasteiger partial charge in [-0.05, 0) is 55.8 Å². The summed E-state index contributed by atoms with van der Waals surface area (Å²) in [4.78, 5) is 28.5. The van der Waals surface area contributed by atoms with E-state index in [9.17, 15) is 9.59 Å². The molecule has 0 bridgehead atoms. The molecule has 8 heteroatoms. The zero-order valence-electron chi connectivity index (χ0n) is 20.5. The highest BCUT2D eigenvalue weighted by atomic mass is 35.5. The highest BCUT2D eigenvalue weighted by molar-refractivity contribution is 6.36. The van der Waals surface area contributed by atoms with E-state index in [2.05, 4.69) is 5.32 Å². The molecule has 0 aliphatic heterocycles. The Labute approximate surface area is 222 Å². The summed E-state index contributed by atoms with van der Waals surface area (Å²) in [7, 11) is 1.58. The van der Waals surface area contributed by atoms with E-state index in [0.29, 0.717) is 33.5 Å². The average molecular weight is 529 g/mol. The van der Waals surface area contributed by atoms with Crippen molar-refractivity contribution in [1.29, 1.82) is 0 Å². The van der Waals surface area contributed by atoms with Crippen molar-refractivity contribution < 1.29 is 19.1 Å². The van der Waals surface area contributed by atoms with Crippen LogP contribution in [0.25, 0.3) is 0 Å². The summed E-state index contributed by atoms with van der Waals surface area (Å²) in [5, 5.41) is 3.78. The smallest absolute Gasteiger partial charge is 0.261 e. The topological polar surface area (TPSA) is 67.9 Å². The minimum absolute atomic E-state index is 0.0479. The van der Waals surface area contributed by atoms with E-state index in [0.717, 1.165) is 5.56 Å². The van der Waals surface area contributed by atoms with Crippen molar-refractivity contribution >= 4 is 35.0 Å². The fourth-order valence-electron chi connectivity index (χ4n) is 3.69. The summed E-state index contributed by atoms with van der Waals surface area (Å²) in [6.45, 7) is 3.53. The van der Waals surface area contributed by atoms with Gasteiger partial charge in [-0.1, -0.05) is 59.6 Å². The van der Waals surface area contributed by atoms with Gasteiger partial charge in [0.2, 0.25) is 5.91 Å². The van der Waals surface area contributed by atoms with Crippen LogP contribution in [0.3, 0.4) is 0 Å². The summed E-state index contributed by atoms with van der Waals surface area (Å²) < 4.78 is 10.9. The van der Waals surface area contributed by atoms with E-state index in [1.165, 1.54) is 4.90 Å². The van der Waals surface area contributed by atoms with Crippen LogP contribution in [0.2, 0.25) is 10.0 Å². The monoisotopic (exact) mass is 528 g/mol. The maximum Gasteiger partial charge on any atom is 0.261 e. The zero-order valence-corrected chi connectivity index (χ0v) is 22.1. The van der Waals surface area contributed by atoms with Gasteiger partial charge in [-0.15, -0.1) is 0 Å². The number of carbonyl (C=O) groups excluding carboxylic acids is 2. The number of nitrogens with one attached hydrogen (secondary N) is 1. The van der Waals surface area contributed by atoms with Crippen LogP contribution >= 0.6 is 23.2 Å². The lowest BCUT2D eigenvalue weighted by atomic mass is 10.0. The third kappa shape index (κ3) is 7.64. The Balaban J connectivity index is 1.93. The van der Waals surface area contributed by atoms with E-state index in [1.807, 2.05) is 44.2 Å². The van der Waals surface area contributed by atoms with Gasteiger partial charge >= 0.3 is 0 Å². The van der Waals surface area contributed by atoms with Crippen LogP contribution < -0.4 is 14.8 Å². The molecule has 1 unspecified atom stereocenters. The first kappa shape index (κ1) is 27.4. The number of benzene rings is 3. The third-order valence-corrected chi connectivity index (χ3v) is 6.22. The van der Waals surface area contributed by atoms with E-state index in [-0.39, 0.29) is 31.0 Å². The predicted molar refractivity (Wildman–Crippen MR) is 143 cm³/mol. The first-order valence-electron chi connectivity index (χ1n) is 11.6. The second kappa shape index (κ2) is 13.2. The molecule has 0 aromatic heterocycles. The van der Waals surface area contributed by atoms with Crippen LogP contribution in [0.4, 0.5) is 0 Å². The largest absolute Gasteiger partial charge is 0.497 e. The van der Waals surface area contributed by atoms with Crippen LogP contribution in [-0.2, 0) is 22.6 Å². The molecule has 3 aromatic carbocycles. The summed E-state index contributed by atoms with van der Waals surface area (Å²) in [6, 6.07) is 20.7. The summed E-state index contributed by atoms with van der Waals surface area (Å²) >= 11 is 12.9. The van der Waals surface area contributed by atoms with Gasteiger partial charge < -0.3 is 19.7 Å². The second-order valence-electron chi connectivity index (χ2n) is 8.55. The van der Waals surface area contributed by atoms with E-state index >= 15 is 0 Å². The van der Waals surface area contributed by atoms with Gasteiger partial charge in [0.25, 0.3) is 5.91 Å². The highest BCUT2D eigenvalue weighted by Crippen LogP contribution is 2.27. The molecule has 36 heavy (non-hydrogen) atoms. The van der Waals surface area contributed by atoms with Gasteiger partial charge in [0, 0.05) is 34.6 Å². The van der Waals surface area contributed by atoms with Gasteiger partial charge in [0.15, 0.2) is 6.61 Å². The SMILES string of the molecule is COc1ccc(OCC(=O)N(Cc2c(Cl)cccc2Cl)C(Cc2ccccc2)C(=O)NC(C)C)cc1. The Morgan fingerprint density at radius 1 is 0.889 bits per heavy atom. The van der Waals surface area contributed by atoms with Crippen molar-refractivity contribution in [2.45, 2.75) is 38.9 Å². The quantitative estimate of drug-likeness (QED) is 0.354. The molecule has 3 rings (SSSR count). The number of hydrogen-bond donors (Lipinski definition) is 1. The molecule has 3 aromatic rings. The average Bonchev–Trinajstić information content (AvgIpc) is 2.86. The van der Waals surface area contributed by atoms with Gasteiger partial charge in [-0.2, -0.15) is 0 Å². The normalized spacial score (nSPS) is 11.6. The number of carbonyl (C=O) groups is 2. The molecule has 190 valence electrons. The molecule has 2 amide bonds. The van der Waals surface area contributed by atoms with Crippen molar-refractivity contribution in [3.05, 3.63) is 94.0 Å². The number of methoxy groups -OCH3 is 1. The van der Waals surface area contributed by atoms with E-state index < -0.39 is 6.04 Å². The molecule has 0 heterocycles. The second-order valence-corrected chi connectivity index (χ2v) is 9.37. The van der Waals surface area contributed by atoms with Crippen LogP contribution in [-0.4, -0.2) is 42.5 Å². The number of amides is 2. The van der Waals surface area contributed by atoms with Crippen LogP contribution in [0.1, 0.15) is 25.0 Å². The van der Waals surface area contributed by atoms with Crippen molar-refractivity contribution in [3.63, 3.8) is 0 Å². The molecule has 0 aliphatic carbocycles. The zero-order chi connectivity index (χ0) is 26.1. The molecule has 0 saturated carbocycles. The number of rotatable bonds is 11. The molecule has 0 fully saturated rings. The minimum Gasteiger partial charge on any atom is -0.497 e. The minimum atomic E-state index is -0.811. The Kier molecular flexibility index (Phi) is 10.0. The Morgan fingerprint density at radius 3 is 2.08 bits per heavy atom. The number of hydrogen-bond acceptors (Lipinski definition) is 4. The number of halogens is 2. The molecule has 0 aliphatic rings. The molecule has 1 atom stereocenters. The van der Waals surface area contributed by atoms with E-state index in [1.54, 1.807) is 49.6 Å². The molecule has 0 spiro atoms. The summed E-state index contributed by atoms with van der Waals surface area (Å²) in [5.74, 6) is 0.541. The third-order valence-electron chi connectivity index (χ3n) is 5.51. The number of ether oxygens (including phenoxy) is 2. The van der Waals surface area contributed by atoms with Gasteiger partial charge in [-0.25, -0.2) is 0 Å². The number of nitrogens with zero attached hydrogens (tertiary/aromatic N) is 1. The first-order valence-corrected chi connectivity index (χ1v) is 12.4. The lowest BCUT2D eigenvalue weighted by Gasteiger charge is -2.32. The van der Waals surface area contributed by atoms with Crippen molar-refractivity contribution in [2.24, 2.45) is 0 Å². The summed E-state index contributed by atoms with van der Waals surface area (Å²) in [6.07, 6.45) is 0.315. The van der Waals surface area contributed by atoms with Gasteiger partial charge in [-0.3, -0.25) is 9.59 Å². The van der Waals surface area contributed by atoms with Crippen LogP contribution in [0.15, 0.2) is 72.8 Å². The molecule has 0 radical (unpaired) electrons. The molecular formula is C28H30Cl2N2O4.